The van der Waals surface area contributed by atoms with Crippen LogP contribution in [0.5, 0.6) is 11.5 Å². The Balaban J connectivity index is 1.56. The maximum atomic E-state index is 12.2. The summed E-state index contributed by atoms with van der Waals surface area (Å²) in [5, 5.41) is 12.4. The highest BCUT2D eigenvalue weighted by molar-refractivity contribution is 6.00. The van der Waals surface area contributed by atoms with Gasteiger partial charge in [-0.15, -0.1) is 0 Å². The number of nitrogens with zero attached hydrogens (tertiary/aromatic N) is 1. The molecule has 0 saturated heterocycles. The minimum atomic E-state index is -0.810. The van der Waals surface area contributed by atoms with Gasteiger partial charge in [0.25, 0.3) is 5.91 Å². The lowest BCUT2D eigenvalue weighted by molar-refractivity contribution is -0.137. The summed E-state index contributed by atoms with van der Waals surface area (Å²) in [7, 11) is 0. The third-order valence-corrected chi connectivity index (χ3v) is 5.84. The van der Waals surface area contributed by atoms with Crippen LogP contribution >= 0.6 is 0 Å². The van der Waals surface area contributed by atoms with Gasteiger partial charge >= 0.3 is 5.97 Å². The number of rotatable bonds is 14. The number of ether oxygens (including phenoxy) is 2. The average molecular weight is 470 g/mol. The molecule has 1 heterocycles. The maximum Gasteiger partial charge on any atom is 0.303 e. The van der Waals surface area contributed by atoms with Crippen molar-refractivity contribution in [3.8, 4) is 11.5 Å². The highest BCUT2D eigenvalue weighted by Gasteiger charge is 2.25. The number of primary amides is 1. The number of aliphatic carboxylic acids is 1. The van der Waals surface area contributed by atoms with Crippen LogP contribution in [0, 0.1) is 0 Å². The predicted octanol–water partition coefficient (Wildman–Crippen LogP) is 3.01. The van der Waals surface area contributed by atoms with Crippen molar-refractivity contribution >= 4 is 17.6 Å². The normalized spacial score (nSPS) is 13.4. The van der Waals surface area contributed by atoms with E-state index in [2.05, 4.69) is 23.2 Å². The van der Waals surface area contributed by atoms with Crippen LogP contribution in [0.15, 0.2) is 36.4 Å². The van der Waals surface area contributed by atoms with E-state index in [4.69, 9.17) is 20.3 Å². The first-order valence-corrected chi connectivity index (χ1v) is 11.9. The van der Waals surface area contributed by atoms with E-state index in [0.717, 1.165) is 47.7 Å². The van der Waals surface area contributed by atoms with Crippen molar-refractivity contribution in [2.75, 3.05) is 37.7 Å². The van der Waals surface area contributed by atoms with Crippen LogP contribution in [0.4, 0.5) is 5.69 Å². The number of amides is 1. The Labute approximate surface area is 201 Å². The molecular formula is C26H35N3O5. The van der Waals surface area contributed by atoms with E-state index in [1.807, 2.05) is 37.3 Å². The van der Waals surface area contributed by atoms with Gasteiger partial charge in [-0.05, 0) is 62.4 Å². The van der Waals surface area contributed by atoms with Gasteiger partial charge in [0.2, 0.25) is 0 Å². The minimum absolute atomic E-state index is 0.111. The van der Waals surface area contributed by atoms with Crippen molar-refractivity contribution in [1.82, 2.24) is 5.32 Å². The van der Waals surface area contributed by atoms with E-state index in [9.17, 15) is 9.59 Å². The quantitative estimate of drug-likeness (QED) is 0.365. The molecular weight excluding hydrogens is 434 g/mol. The number of fused-ring (bicyclic) bond motifs is 1. The molecule has 0 bridgehead atoms. The summed E-state index contributed by atoms with van der Waals surface area (Å²) in [5.41, 5.74) is 9.25. The van der Waals surface area contributed by atoms with Gasteiger partial charge in [0.05, 0.1) is 17.9 Å². The SMILES string of the molecule is CCOc1ccccc1OCCNC(C)Cc1cc2c(c(C(N)=O)c1)N(CCCC(=O)O)CC2. The fourth-order valence-electron chi connectivity index (χ4n) is 4.38. The third kappa shape index (κ3) is 6.87. The number of para-hydroxylation sites is 2. The molecule has 184 valence electrons. The van der Waals surface area contributed by atoms with Crippen LogP contribution in [0.2, 0.25) is 0 Å². The standard InChI is InChI=1S/C26H35N3O5/c1-3-33-22-7-4-5-8-23(22)34-14-11-28-18(2)15-19-16-20-10-13-29(12-6-9-24(30)31)25(20)21(17-19)26(27)32/h4-5,7-8,16-18,28H,3,6,9-15H2,1-2H3,(H2,27,32)(H,30,31). The molecule has 0 fully saturated rings. The highest BCUT2D eigenvalue weighted by atomic mass is 16.5. The second-order valence-corrected chi connectivity index (χ2v) is 8.54. The summed E-state index contributed by atoms with van der Waals surface area (Å²) in [6.45, 7) is 7.19. The molecule has 0 aromatic heterocycles. The van der Waals surface area contributed by atoms with E-state index in [0.29, 0.717) is 38.3 Å². The van der Waals surface area contributed by atoms with Gasteiger partial charge in [-0.3, -0.25) is 9.59 Å². The molecule has 1 amide bonds. The van der Waals surface area contributed by atoms with E-state index in [1.54, 1.807) is 0 Å². The van der Waals surface area contributed by atoms with Gasteiger partial charge in [-0.25, -0.2) is 0 Å². The zero-order valence-electron chi connectivity index (χ0n) is 20.0. The monoisotopic (exact) mass is 469 g/mol. The third-order valence-electron chi connectivity index (χ3n) is 5.84. The van der Waals surface area contributed by atoms with Crippen LogP contribution in [0.25, 0.3) is 0 Å². The van der Waals surface area contributed by atoms with Crippen LogP contribution in [-0.2, 0) is 17.6 Å². The summed E-state index contributed by atoms with van der Waals surface area (Å²) < 4.78 is 11.5. The van der Waals surface area contributed by atoms with Crippen molar-refractivity contribution in [2.45, 2.75) is 45.6 Å². The number of benzene rings is 2. The first-order chi connectivity index (χ1) is 16.4. The molecule has 8 heteroatoms. The minimum Gasteiger partial charge on any atom is -0.490 e. The van der Waals surface area contributed by atoms with E-state index in [-0.39, 0.29) is 12.5 Å². The second-order valence-electron chi connectivity index (χ2n) is 8.54. The van der Waals surface area contributed by atoms with Crippen molar-refractivity contribution in [3.63, 3.8) is 0 Å². The Morgan fingerprint density at radius 1 is 1.21 bits per heavy atom. The van der Waals surface area contributed by atoms with Crippen molar-refractivity contribution < 1.29 is 24.2 Å². The van der Waals surface area contributed by atoms with Gasteiger partial charge in [-0.1, -0.05) is 18.2 Å². The number of hydrogen-bond donors (Lipinski definition) is 3. The fourth-order valence-corrected chi connectivity index (χ4v) is 4.38. The van der Waals surface area contributed by atoms with E-state index in [1.165, 1.54) is 0 Å². The number of nitrogens with one attached hydrogen (secondary N) is 1. The zero-order chi connectivity index (χ0) is 24.5. The molecule has 2 aromatic carbocycles. The molecule has 1 aliphatic rings. The Morgan fingerprint density at radius 2 is 1.94 bits per heavy atom. The summed E-state index contributed by atoms with van der Waals surface area (Å²) >= 11 is 0. The van der Waals surface area contributed by atoms with Crippen LogP contribution in [0.3, 0.4) is 0 Å². The molecule has 2 aromatic rings. The topological polar surface area (TPSA) is 114 Å². The average Bonchev–Trinajstić information content (AvgIpc) is 3.20. The van der Waals surface area contributed by atoms with Gasteiger partial charge in [0, 0.05) is 32.1 Å². The Bertz CT molecular complexity index is 994. The lowest BCUT2D eigenvalue weighted by Crippen LogP contribution is -2.32. The van der Waals surface area contributed by atoms with E-state index < -0.39 is 11.9 Å². The number of hydrogen-bond acceptors (Lipinski definition) is 6. The van der Waals surface area contributed by atoms with E-state index >= 15 is 0 Å². The van der Waals surface area contributed by atoms with Gasteiger partial charge in [0.1, 0.15) is 6.61 Å². The molecule has 3 rings (SSSR count). The molecule has 1 atom stereocenters. The summed E-state index contributed by atoms with van der Waals surface area (Å²) in [6.07, 6.45) is 2.22. The molecule has 34 heavy (non-hydrogen) atoms. The molecule has 1 aliphatic heterocycles. The van der Waals surface area contributed by atoms with Gasteiger partial charge in [0.15, 0.2) is 11.5 Å². The first-order valence-electron chi connectivity index (χ1n) is 11.9. The Kier molecular flexibility index (Phi) is 9.16. The van der Waals surface area contributed by atoms with Crippen LogP contribution in [0.1, 0.15) is 48.2 Å². The molecule has 8 nitrogen and oxygen atoms in total. The van der Waals surface area contributed by atoms with Crippen LogP contribution in [-0.4, -0.2) is 55.9 Å². The largest absolute Gasteiger partial charge is 0.490 e. The fraction of sp³-hybridized carbons (Fsp3) is 0.462. The molecule has 1 unspecified atom stereocenters. The molecule has 0 radical (unpaired) electrons. The summed E-state index contributed by atoms with van der Waals surface area (Å²) in [6, 6.07) is 11.8. The smallest absolute Gasteiger partial charge is 0.303 e. The van der Waals surface area contributed by atoms with Crippen LogP contribution < -0.4 is 25.4 Å². The number of carboxylic acid groups (broad SMARTS) is 1. The summed E-state index contributed by atoms with van der Waals surface area (Å²) in [5.74, 6) is 0.212. The predicted molar refractivity (Wildman–Crippen MR) is 132 cm³/mol. The number of nitrogens with two attached hydrogens (primary N) is 1. The van der Waals surface area contributed by atoms with Gasteiger partial charge < -0.3 is 30.5 Å². The highest BCUT2D eigenvalue weighted by Crippen LogP contribution is 2.33. The lowest BCUT2D eigenvalue weighted by atomic mass is 9.98. The Hall–Kier alpha value is -3.26. The number of carbonyl (C=O) groups excluding carboxylic acids is 1. The van der Waals surface area contributed by atoms with Crippen molar-refractivity contribution in [1.29, 1.82) is 0 Å². The maximum absolute atomic E-state index is 12.2. The van der Waals surface area contributed by atoms with Crippen molar-refractivity contribution in [3.05, 3.63) is 53.1 Å². The summed E-state index contributed by atoms with van der Waals surface area (Å²) in [4.78, 5) is 25.1. The molecule has 0 saturated carbocycles. The molecule has 0 aliphatic carbocycles. The molecule has 4 N–H and O–H groups in total. The Morgan fingerprint density at radius 3 is 2.62 bits per heavy atom. The lowest BCUT2D eigenvalue weighted by Gasteiger charge is -2.22. The van der Waals surface area contributed by atoms with Crippen molar-refractivity contribution in [2.24, 2.45) is 5.73 Å². The number of anilines is 1. The number of carbonyl (C=O) groups is 2. The van der Waals surface area contributed by atoms with Gasteiger partial charge in [-0.2, -0.15) is 0 Å². The molecule has 0 spiro atoms. The second kappa shape index (κ2) is 12.3. The zero-order valence-corrected chi connectivity index (χ0v) is 20.0. The number of carboxylic acids is 1. The first kappa shape index (κ1) is 25.4.